The average Bonchev–Trinajstić information content (AvgIpc) is 2.94. The van der Waals surface area contributed by atoms with E-state index in [2.05, 4.69) is 5.32 Å². The third-order valence-electron chi connectivity index (χ3n) is 6.11. The highest BCUT2D eigenvalue weighted by molar-refractivity contribution is 8.15. The second-order valence-corrected chi connectivity index (χ2v) is 10.3. The Labute approximate surface area is 232 Å². The number of hydrogen-bond donors (Lipinski definition) is 1. The third-order valence-corrected chi connectivity index (χ3v) is 7.55. The number of hydrogen-bond acceptors (Lipinski definition) is 6. The lowest BCUT2D eigenvalue weighted by atomic mass is 10.1. The number of nitrogens with one attached hydrogen (secondary N) is 1. The second kappa shape index (κ2) is 13.3. The van der Waals surface area contributed by atoms with Gasteiger partial charge in [-0.25, -0.2) is 4.99 Å². The van der Waals surface area contributed by atoms with Crippen LogP contribution in [0.15, 0.2) is 77.8 Å². The summed E-state index contributed by atoms with van der Waals surface area (Å²) in [6.45, 7) is 0.914. The summed E-state index contributed by atoms with van der Waals surface area (Å²) in [5, 5.41) is 3.52. The van der Waals surface area contributed by atoms with Crippen LogP contribution in [0.25, 0.3) is 0 Å². The molecule has 1 fully saturated rings. The lowest BCUT2D eigenvalue weighted by Crippen LogP contribution is -2.47. The van der Waals surface area contributed by atoms with Crippen LogP contribution in [0, 0.1) is 0 Å². The van der Waals surface area contributed by atoms with E-state index in [4.69, 9.17) is 26.1 Å². The first-order valence-corrected chi connectivity index (χ1v) is 13.6. The number of ether oxygens (including phenoxy) is 2. The number of methoxy groups -OCH3 is 2. The summed E-state index contributed by atoms with van der Waals surface area (Å²) in [6.07, 6.45) is 1.41. The summed E-state index contributed by atoms with van der Waals surface area (Å²) in [5.41, 5.74) is 2.80. The number of benzene rings is 3. The second-order valence-electron chi connectivity index (χ2n) is 8.69. The van der Waals surface area contributed by atoms with Crippen molar-refractivity contribution in [3.63, 3.8) is 0 Å². The number of carbonyl (C=O) groups excluding carboxylic acids is 2. The molecular weight excluding hydrogens is 522 g/mol. The summed E-state index contributed by atoms with van der Waals surface area (Å²) in [7, 11) is 3.18. The predicted octanol–water partition coefficient (Wildman–Crippen LogP) is 5.28. The molecule has 1 N–H and O–H groups in total. The van der Waals surface area contributed by atoms with Gasteiger partial charge in [-0.1, -0.05) is 59.8 Å². The van der Waals surface area contributed by atoms with E-state index in [0.717, 1.165) is 17.5 Å². The van der Waals surface area contributed by atoms with E-state index in [9.17, 15) is 9.59 Å². The van der Waals surface area contributed by atoms with Crippen molar-refractivity contribution in [2.75, 3.05) is 27.3 Å². The van der Waals surface area contributed by atoms with Crippen LogP contribution >= 0.6 is 23.4 Å². The molecule has 3 aromatic carbocycles. The van der Waals surface area contributed by atoms with Crippen LogP contribution in [-0.4, -0.2) is 54.4 Å². The number of halogens is 1. The number of rotatable bonds is 10. The Hall–Kier alpha value is -3.49. The van der Waals surface area contributed by atoms with Gasteiger partial charge < -0.3 is 14.8 Å². The van der Waals surface area contributed by atoms with Gasteiger partial charge in [0.15, 0.2) is 16.7 Å². The van der Waals surface area contributed by atoms with E-state index in [1.54, 1.807) is 43.4 Å². The summed E-state index contributed by atoms with van der Waals surface area (Å²) < 4.78 is 10.7. The normalized spacial score (nSPS) is 16.4. The standard InChI is InChI=1S/C29H30ClN3O4S/c1-36-24-13-8-21(18-25(24)37-2)15-17-33-27(34)19-26(28(35)31-16-14-20-6-4-3-5-7-20)38-29(33)32-23-11-9-22(30)10-12-23/h3-13,18,26H,14-17,19H2,1-2H3,(H,31,35). The van der Waals surface area contributed by atoms with E-state index in [-0.39, 0.29) is 18.2 Å². The molecule has 1 saturated heterocycles. The maximum Gasteiger partial charge on any atom is 0.234 e. The summed E-state index contributed by atoms with van der Waals surface area (Å²) in [6, 6.07) is 22.7. The highest BCUT2D eigenvalue weighted by Crippen LogP contribution is 2.31. The fraction of sp³-hybridized carbons (Fsp3) is 0.276. The Kier molecular flexibility index (Phi) is 9.67. The van der Waals surface area contributed by atoms with Gasteiger partial charge in [0.2, 0.25) is 11.8 Å². The SMILES string of the molecule is COc1ccc(CCN2C(=O)CC(C(=O)NCCc3ccccc3)SC2=Nc2ccc(Cl)cc2)cc1OC. The van der Waals surface area contributed by atoms with Crippen molar-refractivity contribution >= 4 is 46.0 Å². The monoisotopic (exact) mass is 551 g/mol. The molecule has 0 bridgehead atoms. The van der Waals surface area contributed by atoms with Gasteiger partial charge in [0.05, 0.1) is 25.2 Å². The van der Waals surface area contributed by atoms with Crippen molar-refractivity contribution in [3.8, 4) is 11.5 Å². The smallest absolute Gasteiger partial charge is 0.234 e. The molecule has 9 heteroatoms. The van der Waals surface area contributed by atoms with Crippen molar-refractivity contribution in [2.24, 2.45) is 4.99 Å². The topological polar surface area (TPSA) is 80.2 Å². The maximum absolute atomic E-state index is 13.3. The van der Waals surface area contributed by atoms with Crippen LogP contribution in [0.1, 0.15) is 17.5 Å². The summed E-state index contributed by atoms with van der Waals surface area (Å²) >= 11 is 7.35. The lowest BCUT2D eigenvalue weighted by Gasteiger charge is -2.32. The fourth-order valence-electron chi connectivity index (χ4n) is 4.05. The van der Waals surface area contributed by atoms with Gasteiger partial charge in [0.1, 0.15) is 0 Å². The Morgan fingerprint density at radius 2 is 1.74 bits per heavy atom. The van der Waals surface area contributed by atoms with E-state index < -0.39 is 5.25 Å². The van der Waals surface area contributed by atoms with Gasteiger partial charge in [-0.05, 0) is 60.4 Å². The molecule has 2 amide bonds. The Morgan fingerprint density at radius 3 is 2.45 bits per heavy atom. The van der Waals surface area contributed by atoms with E-state index in [0.29, 0.717) is 46.9 Å². The largest absolute Gasteiger partial charge is 0.493 e. The molecule has 38 heavy (non-hydrogen) atoms. The number of amides is 2. The quantitative estimate of drug-likeness (QED) is 0.371. The molecular formula is C29H30ClN3O4S. The maximum atomic E-state index is 13.3. The highest BCUT2D eigenvalue weighted by atomic mass is 35.5. The fourth-order valence-corrected chi connectivity index (χ4v) is 5.33. The van der Waals surface area contributed by atoms with Gasteiger partial charge >= 0.3 is 0 Å². The molecule has 7 nitrogen and oxygen atoms in total. The van der Waals surface area contributed by atoms with Crippen LogP contribution in [-0.2, 0) is 22.4 Å². The predicted molar refractivity (Wildman–Crippen MR) is 153 cm³/mol. The van der Waals surface area contributed by atoms with Gasteiger partial charge in [0.25, 0.3) is 0 Å². The molecule has 0 aromatic heterocycles. The minimum Gasteiger partial charge on any atom is -0.493 e. The van der Waals surface area contributed by atoms with E-state index in [1.165, 1.54) is 11.8 Å². The van der Waals surface area contributed by atoms with Crippen molar-refractivity contribution < 1.29 is 19.1 Å². The summed E-state index contributed by atoms with van der Waals surface area (Å²) in [4.78, 5) is 32.7. The molecule has 0 radical (unpaired) electrons. The highest BCUT2D eigenvalue weighted by Gasteiger charge is 2.35. The lowest BCUT2D eigenvalue weighted by molar-refractivity contribution is -0.130. The van der Waals surface area contributed by atoms with Gasteiger partial charge in [-0.15, -0.1) is 0 Å². The van der Waals surface area contributed by atoms with E-state index in [1.807, 2.05) is 48.5 Å². The van der Waals surface area contributed by atoms with Crippen molar-refractivity contribution in [1.82, 2.24) is 10.2 Å². The minimum atomic E-state index is -0.554. The first kappa shape index (κ1) is 27.5. The number of aliphatic imine (C=N–C) groups is 1. The molecule has 1 aliphatic rings. The zero-order chi connectivity index (χ0) is 26.9. The Balaban J connectivity index is 1.47. The third kappa shape index (κ3) is 7.30. The molecule has 0 spiro atoms. The number of amidine groups is 1. The van der Waals surface area contributed by atoms with Gasteiger partial charge in [-0.3, -0.25) is 14.5 Å². The molecule has 0 saturated carbocycles. The molecule has 4 rings (SSSR count). The summed E-state index contributed by atoms with van der Waals surface area (Å²) in [5.74, 6) is 0.973. The first-order chi connectivity index (χ1) is 18.5. The van der Waals surface area contributed by atoms with Crippen molar-refractivity contribution in [1.29, 1.82) is 0 Å². The number of carbonyl (C=O) groups is 2. The molecule has 198 valence electrons. The van der Waals surface area contributed by atoms with Crippen LogP contribution in [0.4, 0.5) is 5.69 Å². The zero-order valence-electron chi connectivity index (χ0n) is 21.4. The molecule has 1 aliphatic heterocycles. The molecule has 1 unspecified atom stereocenters. The van der Waals surface area contributed by atoms with Crippen LogP contribution < -0.4 is 14.8 Å². The minimum absolute atomic E-state index is 0.105. The number of thioether (sulfide) groups is 1. The molecule has 3 aromatic rings. The van der Waals surface area contributed by atoms with E-state index >= 15 is 0 Å². The Bertz CT molecular complexity index is 1280. The van der Waals surface area contributed by atoms with Crippen LogP contribution in [0.2, 0.25) is 5.02 Å². The molecule has 1 heterocycles. The van der Waals surface area contributed by atoms with Crippen LogP contribution in [0.5, 0.6) is 11.5 Å². The average molecular weight is 552 g/mol. The van der Waals surface area contributed by atoms with Gasteiger partial charge in [0, 0.05) is 24.5 Å². The van der Waals surface area contributed by atoms with Gasteiger partial charge in [-0.2, -0.15) is 0 Å². The van der Waals surface area contributed by atoms with Crippen molar-refractivity contribution in [2.45, 2.75) is 24.5 Å². The van der Waals surface area contributed by atoms with Crippen molar-refractivity contribution in [3.05, 3.63) is 88.9 Å². The number of nitrogens with zero attached hydrogens (tertiary/aromatic N) is 2. The zero-order valence-corrected chi connectivity index (χ0v) is 22.9. The first-order valence-electron chi connectivity index (χ1n) is 12.3. The Morgan fingerprint density at radius 1 is 1.00 bits per heavy atom. The molecule has 0 aliphatic carbocycles. The van der Waals surface area contributed by atoms with Crippen LogP contribution in [0.3, 0.4) is 0 Å². The molecule has 1 atom stereocenters.